The van der Waals surface area contributed by atoms with Gasteiger partial charge in [-0.2, -0.15) is 0 Å². The summed E-state index contributed by atoms with van der Waals surface area (Å²) in [5.41, 5.74) is 3.00. The number of hydrogen-bond donors (Lipinski definition) is 3. The molecule has 0 saturated carbocycles. The van der Waals surface area contributed by atoms with Crippen LogP contribution >= 0.6 is 0 Å². The third-order valence-corrected chi connectivity index (χ3v) is 7.37. The summed E-state index contributed by atoms with van der Waals surface area (Å²) < 4.78 is 5.78. The second-order valence-corrected chi connectivity index (χ2v) is 11.0. The zero-order chi connectivity index (χ0) is 31.6. The second-order valence-electron chi connectivity index (χ2n) is 11.0. The molecule has 0 radical (unpaired) electrons. The highest BCUT2D eigenvalue weighted by molar-refractivity contribution is 5.86. The molecule has 0 unspecified atom stereocenters. The molecule has 4 atom stereocenters. The molecule has 0 heterocycles. The highest BCUT2D eigenvalue weighted by Gasteiger charge is 2.26. The van der Waals surface area contributed by atoms with Crippen molar-refractivity contribution in [2.24, 2.45) is 11.8 Å². The molecule has 3 aromatic carbocycles. The van der Waals surface area contributed by atoms with Crippen molar-refractivity contribution >= 4 is 17.8 Å². The van der Waals surface area contributed by atoms with Crippen LogP contribution in [0.25, 0.3) is 0 Å². The Morgan fingerprint density at radius 2 is 1.16 bits per heavy atom. The average Bonchev–Trinajstić information content (AvgIpc) is 3.04. The highest BCUT2D eigenvalue weighted by atomic mass is 16.5. The largest absolute Gasteiger partial charge is 0.463 e. The number of allylic oxidation sites excluding steroid dienone is 2. The maximum Gasteiger partial charge on any atom is 0.309 e. The fourth-order valence-electron chi connectivity index (χ4n) is 5.09. The van der Waals surface area contributed by atoms with E-state index in [9.17, 15) is 19.5 Å². The number of aliphatic hydroxyl groups is 1. The van der Waals surface area contributed by atoms with Crippen LogP contribution in [-0.4, -0.2) is 48.2 Å². The molecular weight excluding hydrogens is 552 g/mol. The van der Waals surface area contributed by atoms with Crippen LogP contribution in [0.15, 0.2) is 116 Å². The van der Waals surface area contributed by atoms with Gasteiger partial charge in [-0.3, -0.25) is 14.4 Å². The monoisotopic (exact) mass is 596 g/mol. The summed E-state index contributed by atoms with van der Waals surface area (Å²) in [6.45, 7) is 7.33. The number of rotatable bonds is 19. The fourth-order valence-corrected chi connectivity index (χ4v) is 5.09. The van der Waals surface area contributed by atoms with E-state index in [2.05, 4.69) is 23.8 Å². The number of benzene rings is 3. The van der Waals surface area contributed by atoms with E-state index in [0.717, 1.165) is 16.7 Å². The molecule has 0 aliphatic heterocycles. The first kappa shape index (κ1) is 34.0. The number of aliphatic hydroxyl groups excluding tert-OH is 1. The Labute approximate surface area is 261 Å². The van der Waals surface area contributed by atoms with Crippen molar-refractivity contribution in [2.75, 3.05) is 13.2 Å². The Morgan fingerprint density at radius 1 is 0.682 bits per heavy atom. The van der Waals surface area contributed by atoms with E-state index in [1.165, 1.54) is 0 Å². The van der Waals surface area contributed by atoms with Crippen molar-refractivity contribution in [3.8, 4) is 0 Å². The van der Waals surface area contributed by atoms with E-state index in [4.69, 9.17) is 4.74 Å². The van der Waals surface area contributed by atoms with Crippen molar-refractivity contribution < 1.29 is 24.2 Å². The maximum absolute atomic E-state index is 13.5. The van der Waals surface area contributed by atoms with E-state index in [1.54, 1.807) is 12.2 Å². The Bertz CT molecular complexity index is 1310. The summed E-state index contributed by atoms with van der Waals surface area (Å²) >= 11 is 0. The molecule has 0 aliphatic carbocycles. The average molecular weight is 597 g/mol. The normalized spacial score (nSPS) is 13.5. The summed E-state index contributed by atoms with van der Waals surface area (Å²) in [7, 11) is 0. The van der Waals surface area contributed by atoms with Gasteiger partial charge < -0.3 is 20.5 Å². The summed E-state index contributed by atoms with van der Waals surface area (Å²) in [4.78, 5) is 39.6. The molecule has 3 rings (SSSR count). The maximum atomic E-state index is 13.5. The lowest BCUT2D eigenvalue weighted by atomic mass is 9.96. The van der Waals surface area contributed by atoms with Crippen LogP contribution in [0.4, 0.5) is 0 Å². The summed E-state index contributed by atoms with van der Waals surface area (Å²) in [5, 5.41) is 15.7. The number of esters is 1. The predicted molar refractivity (Wildman–Crippen MR) is 174 cm³/mol. The standard InChI is InChI=1S/C37H44N2O5/c1-3-14-31(25-35(41)38-33(26-40)23-29-18-10-6-11-19-29)36(42)39-34(24-30-20-12-7-13-21-30)27-44-37(43)32(15-4-2)22-28-16-8-5-9-17-28/h3-13,16-21,31-34,40H,1-2,14-15,22-27H2,(H,38,41)(H,39,42)/t31-,32+,33-,34+/m1/s1. The molecule has 44 heavy (non-hydrogen) atoms. The number of ether oxygens (including phenoxy) is 1. The zero-order valence-corrected chi connectivity index (χ0v) is 25.3. The first-order chi connectivity index (χ1) is 21.4. The predicted octanol–water partition coefficient (Wildman–Crippen LogP) is 4.99. The third kappa shape index (κ3) is 12.0. The molecule has 0 aromatic heterocycles. The minimum absolute atomic E-state index is 0.0153. The molecule has 0 aliphatic rings. The Hall–Kier alpha value is -4.49. The molecule has 0 spiro atoms. The van der Waals surface area contributed by atoms with Gasteiger partial charge in [0.2, 0.25) is 11.8 Å². The molecule has 7 nitrogen and oxygen atoms in total. The van der Waals surface area contributed by atoms with Gasteiger partial charge in [-0.15, -0.1) is 13.2 Å². The van der Waals surface area contributed by atoms with Gasteiger partial charge in [-0.1, -0.05) is 103 Å². The molecular formula is C37H44N2O5. The number of carbonyl (C=O) groups excluding carboxylic acids is 3. The fraction of sp³-hybridized carbons (Fsp3) is 0.324. The topological polar surface area (TPSA) is 105 Å². The Kier molecular flexibility index (Phi) is 14.6. The van der Waals surface area contributed by atoms with E-state index < -0.39 is 23.9 Å². The van der Waals surface area contributed by atoms with Crippen molar-refractivity contribution in [1.29, 1.82) is 0 Å². The minimum atomic E-state index is -0.677. The molecule has 0 bridgehead atoms. The molecule has 0 saturated heterocycles. The van der Waals surface area contributed by atoms with E-state index in [-0.39, 0.29) is 43.8 Å². The van der Waals surface area contributed by atoms with Gasteiger partial charge in [0, 0.05) is 6.42 Å². The minimum Gasteiger partial charge on any atom is -0.463 e. The van der Waals surface area contributed by atoms with Crippen molar-refractivity contribution in [3.63, 3.8) is 0 Å². The summed E-state index contributed by atoms with van der Waals surface area (Å²) in [6, 6.07) is 28.0. The lowest BCUT2D eigenvalue weighted by molar-refractivity contribution is -0.149. The smallest absolute Gasteiger partial charge is 0.309 e. The zero-order valence-electron chi connectivity index (χ0n) is 25.3. The first-order valence-electron chi connectivity index (χ1n) is 15.1. The van der Waals surface area contributed by atoms with Gasteiger partial charge in [-0.25, -0.2) is 0 Å². The van der Waals surface area contributed by atoms with Gasteiger partial charge in [-0.05, 0) is 48.8 Å². The van der Waals surface area contributed by atoms with Gasteiger partial charge >= 0.3 is 5.97 Å². The summed E-state index contributed by atoms with van der Waals surface area (Å²) in [5.74, 6) is -2.08. The Balaban J connectivity index is 1.65. The van der Waals surface area contributed by atoms with E-state index in [1.807, 2.05) is 91.0 Å². The van der Waals surface area contributed by atoms with Gasteiger partial charge in [0.25, 0.3) is 0 Å². The number of carbonyl (C=O) groups is 3. The van der Waals surface area contributed by atoms with Crippen LogP contribution in [0.2, 0.25) is 0 Å². The van der Waals surface area contributed by atoms with Gasteiger partial charge in [0.05, 0.1) is 30.5 Å². The molecule has 2 amide bonds. The van der Waals surface area contributed by atoms with Crippen molar-refractivity contribution in [2.45, 2.75) is 50.6 Å². The van der Waals surface area contributed by atoms with Crippen molar-refractivity contribution in [1.82, 2.24) is 10.6 Å². The molecule has 3 N–H and O–H groups in total. The SMILES string of the molecule is C=CC[C@H](CC(=O)N[C@@H](CO)Cc1ccccc1)C(=O)N[C@H](COC(=O)[C@@H](CC=C)Cc1ccccc1)Cc1ccccc1. The number of nitrogens with one attached hydrogen (secondary N) is 2. The quantitative estimate of drug-likeness (QED) is 0.134. The van der Waals surface area contributed by atoms with Crippen LogP contribution in [0.3, 0.4) is 0 Å². The van der Waals surface area contributed by atoms with Crippen LogP contribution in [0.5, 0.6) is 0 Å². The van der Waals surface area contributed by atoms with Crippen LogP contribution in [0.1, 0.15) is 36.0 Å². The van der Waals surface area contributed by atoms with Crippen LogP contribution < -0.4 is 10.6 Å². The second kappa shape index (κ2) is 18.9. The molecule has 7 heteroatoms. The van der Waals surface area contributed by atoms with Gasteiger partial charge in [0.1, 0.15) is 6.61 Å². The number of hydrogen-bond acceptors (Lipinski definition) is 5. The molecule has 232 valence electrons. The van der Waals surface area contributed by atoms with Crippen LogP contribution in [0, 0.1) is 11.8 Å². The number of amides is 2. The lowest BCUT2D eigenvalue weighted by Crippen LogP contribution is -2.45. The van der Waals surface area contributed by atoms with E-state index in [0.29, 0.717) is 25.7 Å². The Morgan fingerprint density at radius 3 is 1.66 bits per heavy atom. The highest BCUT2D eigenvalue weighted by Crippen LogP contribution is 2.17. The third-order valence-electron chi connectivity index (χ3n) is 7.37. The summed E-state index contributed by atoms with van der Waals surface area (Å²) in [6.07, 6.45) is 5.46. The molecule has 0 fully saturated rings. The molecule has 3 aromatic rings. The lowest BCUT2D eigenvalue weighted by Gasteiger charge is -2.24. The van der Waals surface area contributed by atoms with Crippen molar-refractivity contribution in [3.05, 3.63) is 133 Å². The van der Waals surface area contributed by atoms with Crippen LogP contribution in [-0.2, 0) is 38.4 Å². The first-order valence-corrected chi connectivity index (χ1v) is 15.1. The van der Waals surface area contributed by atoms with E-state index >= 15 is 0 Å². The van der Waals surface area contributed by atoms with Gasteiger partial charge in [0.15, 0.2) is 0 Å².